The van der Waals surface area contributed by atoms with Crippen LogP contribution in [0.3, 0.4) is 0 Å². The van der Waals surface area contributed by atoms with Gasteiger partial charge in [0.2, 0.25) is 0 Å². The van der Waals surface area contributed by atoms with Crippen molar-refractivity contribution in [2.45, 2.75) is 65.6 Å². The molecule has 0 radical (unpaired) electrons. The van der Waals surface area contributed by atoms with Crippen LogP contribution < -0.4 is 5.73 Å². The quantitative estimate of drug-likeness (QED) is 0.458. The van der Waals surface area contributed by atoms with Crippen molar-refractivity contribution in [3.63, 3.8) is 0 Å². The zero-order valence-corrected chi connectivity index (χ0v) is 20.0. The van der Waals surface area contributed by atoms with Crippen LogP contribution >= 0.6 is 0 Å². The molecule has 1 rings (SSSR count). The highest BCUT2D eigenvalue weighted by Crippen LogP contribution is 2.10. The highest BCUT2D eigenvalue weighted by Gasteiger charge is 2.24. The summed E-state index contributed by atoms with van der Waals surface area (Å²) in [6.45, 7) is 18.2. The summed E-state index contributed by atoms with van der Waals surface area (Å²) < 4.78 is 11.0. The molecule has 2 N–H and O–H groups in total. The van der Waals surface area contributed by atoms with Crippen LogP contribution in [0, 0.1) is 0 Å². The number of carbonyl (C=O) groups excluding carboxylic acids is 2. The molecule has 176 valence electrons. The molecule has 0 unspecified atom stereocenters. The summed E-state index contributed by atoms with van der Waals surface area (Å²) in [6, 6.07) is 0. The maximum atomic E-state index is 12.3. The molecule has 0 amide bonds. The van der Waals surface area contributed by atoms with Gasteiger partial charge in [-0.3, -0.25) is 19.4 Å². The van der Waals surface area contributed by atoms with E-state index in [1.54, 1.807) is 0 Å². The van der Waals surface area contributed by atoms with Crippen LogP contribution in [0.1, 0.15) is 54.4 Å². The van der Waals surface area contributed by atoms with Gasteiger partial charge in [-0.1, -0.05) is 0 Å². The Bertz CT molecular complexity index is 486. The molecule has 0 aromatic carbocycles. The van der Waals surface area contributed by atoms with Crippen molar-refractivity contribution in [1.82, 2.24) is 14.7 Å². The molecule has 0 saturated carbocycles. The average molecular weight is 429 g/mol. The summed E-state index contributed by atoms with van der Waals surface area (Å²) in [7, 11) is 0. The zero-order chi connectivity index (χ0) is 22.8. The van der Waals surface area contributed by atoms with E-state index >= 15 is 0 Å². The van der Waals surface area contributed by atoms with Crippen LogP contribution in [0.2, 0.25) is 0 Å². The summed E-state index contributed by atoms with van der Waals surface area (Å²) >= 11 is 0. The fraction of sp³-hybridized carbons (Fsp3) is 0.909. The first-order valence-electron chi connectivity index (χ1n) is 11.2. The van der Waals surface area contributed by atoms with Crippen LogP contribution in [0.5, 0.6) is 0 Å². The second-order valence-corrected chi connectivity index (χ2v) is 10.1. The molecule has 30 heavy (non-hydrogen) atoms. The lowest BCUT2D eigenvalue weighted by Crippen LogP contribution is -2.42. The van der Waals surface area contributed by atoms with E-state index in [4.69, 9.17) is 15.2 Å². The third-order valence-corrected chi connectivity index (χ3v) is 4.67. The van der Waals surface area contributed by atoms with Crippen molar-refractivity contribution in [2.75, 3.05) is 65.4 Å². The van der Waals surface area contributed by atoms with Crippen molar-refractivity contribution in [3.05, 3.63) is 0 Å². The Kier molecular flexibility index (Phi) is 11.3. The molecule has 0 aliphatic carbocycles. The van der Waals surface area contributed by atoms with E-state index in [0.717, 1.165) is 45.6 Å². The first-order chi connectivity index (χ1) is 13.9. The monoisotopic (exact) mass is 428 g/mol. The molecule has 0 atom stereocenters. The molecule has 1 aliphatic heterocycles. The number of rotatable bonds is 8. The Morgan fingerprint density at radius 1 is 0.700 bits per heavy atom. The van der Waals surface area contributed by atoms with Crippen molar-refractivity contribution >= 4 is 11.9 Å². The lowest BCUT2D eigenvalue weighted by molar-refractivity contribution is -0.158. The fourth-order valence-electron chi connectivity index (χ4n) is 3.32. The second-order valence-electron chi connectivity index (χ2n) is 10.1. The average Bonchev–Trinajstić information content (AvgIpc) is 2.64. The van der Waals surface area contributed by atoms with Crippen molar-refractivity contribution < 1.29 is 19.1 Å². The highest BCUT2D eigenvalue weighted by molar-refractivity contribution is 5.72. The van der Waals surface area contributed by atoms with Crippen molar-refractivity contribution in [2.24, 2.45) is 5.73 Å². The highest BCUT2D eigenvalue weighted by atomic mass is 16.6. The Morgan fingerprint density at radius 2 is 1.07 bits per heavy atom. The fourth-order valence-corrected chi connectivity index (χ4v) is 3.32. The minimum atomic E-state index is -0.492. The number of carbonyl (C=O) groups is 2. The molecular formula is C22H44N4O4. The summed E-state index contributed by atoms with van der Waals surface area (Å²) in [6.07, 6.45) is 2.05. The molecule has 1 heterocycles. The largest absolute Gasteiger partial charge is 0.459 e. The van der Waals surface area contributed by atoms with Gasteiger partial charge in [-0.25, -0.2) is 0 Å². The summed E-state index contributed by atoms with van der Waals surface area (Å²) in [5.41, 5.74) is 4.66. The van der Waals surface area contributed by atoms with E-state index in [0.29, 0.717) is 19.6 Å². The predicted molar refractivity (Wildman–Crippen MR) is 119 cm³/mol. The van der Waals surface area contributed by atoms with E-state index in [9.17, 15) is 9.59 Å². The number of esters is 2. The molecule has 1 fully saturated rings. The van der Waals surface area contributed by atoms with Gasteiger partial charge in [0.15, 0.2) is 0 Å². The molecule has 8 heteroatoms. The number of nitrogens with two attached hydrogens (primary N) is 1. The Balaban J connectivity index is 2.74. The summed E-state index contributed by atoms with van der Waals surface area (Å²) in [5, 5.41) is 0. The number of nitrogens with zero attached hydrogens (tertiary/aromatic N) is 3. The minimum absolute atomic E-state index is 0.213. The minimum Gasteiger partial charge on any atom is -0.459 e. The van der Waals surface area contributed by atoms with Gasteiger partial charge in [0.1, 0.15) is 11.2 Å². The van der Waals surface area contributed by atoms with Crippen LogP contribution in [0.25, 0.3) is 0 Å². The van der Waals surface area contributed by atoms with Crippen LogP contribution in [-0.2, 0) is 19.1 Å². The SMILES string of the molecule is CC(C)(C)OC(=O)CN1CCN(CCCCN)CCN(CC(=O)OC(C)(C)C)CC1. The standard InChI is InChI=1S/C22H44N4O4/c1-21(2,3)29-19(27)17-25-13-11-24(10-8-7-9-23)12-14-26(16-15-25)18-20(28)30-22(4,5)6/h7-18,23H2,1-6H3. The number of ether oxygens (including phenoxy) is 2. The Hall–Kier alpha value is -1.22. The molecule has 0 spiro atoms. The predicted octanol–water partition coefficient (Wildman–Crippen LogP) is 1.33. The molecular weight excluding hydrogens is 384 g/mol. The van der Waals surface area contributed by atoms with E-state index in [2.05, 4.69) is 14.7 Å². The molecule has 1 saturated heterocycles. The van der Waals surface area contributed by atoms with Crippen LogP contribution in [-0.4, -0.2) is 103 Å². The van der Waals surface area contributed by atoms with Gasteiger partial charge in [-0.05, 0) is 67.5 Å². The summed E-state index contributed by atoms with van der Waals surface area (Å²) in [4.78, 5) is 31.3. The number of unbranched alkanes of at least 4 members (excludes halogenated alkanes) is 1. The van der Waals surface area contributed by atoms with Crippen molar-refractivity contribution in [3.8, 4) is 0 Å². The van der Waals surface area contributed by atoms with E-state index < -0.39 is 11.2 Å². The first kappa shape index (κ1) is 26.8. The molecule has 0 aromatic heterocycles. The van der Waals surface area contributed by atoms with E-state index in [-0.39, 0.29) is 25.0 Å². The number of hydrogen-bond donors (Lipinski definition) is 1. The normalized spacial score (nSPS) is 18.4. The maximum Gasteiger partial charge on any atom is 0.320 e. The lowest BCUT2D eigenvalue weighted by atomic mass is 10.2. The van der Waals surface area contributed by atoms with Crippen molar-refractivity contribution in [1.29, 1.82) is 0 Å². The topological polar surface area (TPSA) is 88.3 Å². The third kappa shape index (κ3) is 13.2. The molecule has 0 bridgehead atoms. The van der Waals surface area contributed by atoms with E-state index in [1.165, 1.54) is 0 Å². The first-order valence-corrected chi connectivity index (χ1v) is 11.2. The second kappa shape index (κ2) is 12.6. The Labute approximate surface area is 183 Å². The zero-order valence-electron chi connectivity index (χ0n) is 20.0. The van der Waals surface area contributed by atoms with Gasteiger partial charge < -0.3 is 20.1 Å². The number of hydrogen-bond acceptors (Lipinski definition) is 8. The van der Waals surface area contributed by atoms with E-state index in [1.807, 2.05) is 41.5 Å². The molecule has 1 aliphatic rings. The Morgan fingerprint density at radius 3 is 1.40 bits per heavy atom. The molecule has 0 aromatic rings. The van der Waals surface area contributed by atoms with Gasteiger partial charge in [-0.2, -0.15) is 0 Å². The van der Waals surface area contributed by atoms with Gasteiger partial charge >= 0.3 is 11.9 Å². The van der Waals surface area contributed by atoms with Crippen LogP contribution in [0.15, 0.2) is 0 Å². The lowest BCUT2D eigenvalue weighted by Gasteiger charge is -2.27. The maximum absolute atomic E-state index is 12.3. The van der Waals surface area contributed by atoms with Gasteiger partial charge in [-0.15, -0.1) is 0 Å². The van der Waals surface area contributed by atoms with Gasteiger partial charge in [0.25, 0.3) is 0 Å². The van der Waals surface area contributed by atoms with Gasteiger partial charge in [0, 0.05) is 39.3 Å². The summed E-state index contributed by atoms with van der Waals surface area (Å²) in [5.74, 6) is -0.426. The smallest absolute Gasteiger partial charge is 0.320 e. The van der Waals surface area contributed by atoms with Gasteiger partial charge in [0.05, 0.1) is 13.1 Å². The van der Waals surface area contributed by atoms with Crippen LogP contribution in [0.4, 0.5) is 0 Å². The third-order valence-electron chi connectivity index (χ3n) is 4.67. The molecule has 8 nitrogen and oxygen atoms in total.